The van der Waals surface area contributed by atoms with E-state index in [1.807, 2.05) is 0 Å². The standard InChI is InChI=1S/C13H18O5/c1-3-11(14)16-8-5-13(7-10-18-13)6-9-17-12(15)4-2/h3-4H,1-2,5-10H2. The third kappa shape index (κ3) is 4.33. The van der Waals surface area contributed by atoms with Crippen LogP contribution in [0.5, 0.6) is 0 Å². The van der Waals surface area contributed by atoms with Crippen molar-refractivity contribution in [1.29, 1.82) is 0 Å². The van der Waals surface area contributed by atoms with Gasteiger partial charge in [-0.05, 0) is 0 Å². The molecule has 0 aromatic carbocycles. The normalized spacial score (nSPS) is 16.2. The van der Waals surface area contributed by atoms with Gasteiger partial charge in [0.15, 0.2) is 0 Å². The first-order valence-electron chi connectivity index (χ1n) is 5.84. The Morgan fingerprint density at radius 3 is 1.83 bits per heavy atom. The van der Waals surface area contributed by atoms with Crippen LogP contribution in [0.1, 0.15) is 19.3 Å². The zero-order valence-electron chi connectivity index (χ0n) is 10.4. The minimum Gasteiger partial charge on any atom is -0.462 e. The van der Waals surface area contributed by atoms with Gasteiger partial charge in [-0.25, -0.2) is 9.59 Å². The molecule has 1 fully saturated rings. The van der Waals surface area contributed by atoms with Gasteiger partial charge < -0.3 is 14.2 Å². The van der Waals surface area contributed by atoms with Gasteiger partial charge in [0.05, 0.1) is 25.4 Å². The van der Waals surface area contributed by atoms with Crippen molar-refractivity contribution in [3.8, 4) is 0 Å². The maximum atomic E-state index is 10.9. The van der Waals surface area contributed by atoms with Crippen molar-refractivity contribution in [2.75, 3.05) is 19.8 Å². The monoisotopic (exact) mass is 254 g/mol. The second kappa shape index (κ2) is 6.96. The minimum absolute atomic E-state index is 0.278. The zero-order chi connectivity index (χ0) is 13.4. The first-order valence-corrected chi connectivity index (χ1v) is 5.84. The fourth-order valence-electron chi connectivity index (χ4n) is 1.70. The first kappa shape index (κ1) is 14.4. The van der Waals surface area contributed by atoms with Gasteiger partial charge in [0.1, 0.15) is 0 Å². The lowest BCUT2D eigenvalue weighted by molar-refractivity contribution is -0.174. The third-order valence-electron chi connectivity index (χ3n) is 2.90. The van der Waals surface area contributed by atoms with Crippen LogP contribution in [-0.4, -0.2) is 37.4 Å². The average molecular weight is 254 g/mol. The maximum absolute atomic E-state index is 10.9. The molecular formula is C13H18O5. The number of rotatable bonds is 8. The Bertz CT molecular complexity index is 302. The number of hydrogen-bond donors (Lipinski definition) is 0. The molecule has 1 heterocycles. The molecule has 5 heteroatoms. The summed E-state index contributed by atoms with van der Waals surface area (Å²) in [6.07, 6.45) is 4.32. The molecule has 0 radical (unpaired) electrons. The fourth-order valence-corrected chi connectivity index (χ4v) is 1.70. The van der Waals surface area contributed by atoms with E-state index in [1.54, 1.807) is 0 Å². The summed E-state index contributed by atoms with van der Waals surface area (Å²) in [5.74, 6) is -0.884. The van der Waals surface area contributed by atoms with E-state index < -0.39 is 11.9 Å². The van der Waals surface area contributed by atoms with Crippen LogP contribution in [0.25, 0.3) is 0 Å². The van der Waals surface area contributed by atoms with E-state index in [1.165, 1.54) is 0 Å². The molecule has 0 aromatic rings. The van der Waals surface area contributed by atoms with Crippen molar-refractivity contribution >= 4 is 11.9 Å². The molecular weight excluding hydrogens is 236 g/mol. The SMILES string of the molecule is C=CC(=O)OCCC1(CCOC(=O)C=C)CCO1. The Morgan fingerprint density at radius 2 is 1.56 bits per heavy atom. The molecule has 0 bridgehead atoms. The summed E-state index contributed by atoms with van der Waals surface area (Å²) in [5.41, 5.74) is -0.330. The van der Waals surface area contributed by atoms with Gasteiger partial charge in [-0.2, -0.15) is 0 Å². The summed E-state index contributed by atoms with van der Waals surface area (Å²) in [4.78, 5) is 21.8. The van der Waals surface area contributed by atoms with Crippen LogP contribution in [0.3, 0.4) is 0 Å². The molecule has 0 aromatic heterocycles. The second-order valence-electron chi connectivity index (χ2n) is 4.02. The van der Waals surface area contributed by atoms with Crippen molar-refractivity contribution < 1.29 is 23.8 Å². The highest BCUT2D eigenvalue weighted by Crippen LogP contribution is 2.33. The highest BCUT2D eigenvalue weighted by Gasteiger charge is 2.38. The van der Waals surface area contributed by atoms with Crippen molar-refractivity contribution in [1.82, 2.24) is 0 Å². The van der Waals surface area contributed by atoms with Crippen LogP contribution >= 0.6 is 0 Å². The molecule has 1 aliphatic heterocycles. The summed E-state index contributed by atoms with van der Waals surface area (Å²) in [6.45, 7) is 7.87. The van der Waals surface area contributed by atoms with E-state index in [9.17, 15) is 9.59 Å². The quantitative estimate of drug-likeness (QED) is 0.484. The number of carbonyl (C=O) groups is 2. The molecule has 5 nitrogen and oxygen atoms in total. The largest absolute Gasteiger partial charge is 0.462 e. The molecule has 0 atom stereocenters. The molecule has 18 heavy (non-hydrogen) atoms. The molecule has 1 aliphatic rings. The molecule has 0 spiro atoms. The fraction of sp³-hybridized carbons (Fsp3) is 0.538. The van der Waals surface area contributed by atoms with E-state index in [-0.39, 0.29) is 18.8 Å². The number of hydrogen-bond acceptors (Lipinski definition) is 5. The molecule has 100 valence electrons. The van der Waals surface area contributed by atoms with Crippen LogP contribution in [0, 0.1) is 0 Å². The van der Waals surface area contributed by atoms with Gasteiger partial charge in [-0.1, -0.05) is 13.2 Å². The van der Waals surface area contributed by atoms with Crippen LogP contribution in [0.4, 0.5) is 0 Å². The summed E-state index contributed by atoms with van der Waals surface area (Å²) in [5, 5.41) is 0. The summed E-state index contributed by atoms with van der Waals surface area (Å²) >= 11 is 0. The van der Waals surface area contributed by atoms with Crippen LogP contribution in [-0.2, 0) is 23.8 Å². The molecule has 0 amide bonds. The molecule has 0 aliphatic carbocycles. The molecule has 0 unspecified atom stereocenters. The predicted molar refractivity (Wildman–Crippen MR) is 64.8 cm³/mol. The minimum atomic E-state index is -0.442. The Hall–Kier alpha value is -1.62. The van der Waals surface area contributed by atoms with Gasteiger partial charge in [0.2, 0.25) is 0 Å². The lowest BCUT2D eigenvalue weighted by atomic mass is 9.88. The van der Waals surface area contributed by atoms with E-state index in [0.29, 0.717) is 19.4 Å². The summed E-state index contributed by atoms with van der Waals surface area (Å²) < 4.78 is 15.3. The Morgan fingerprint density at radius 1 is 1.11 bits per heavy atom. The van der Waals surface area contributed by atoms with Crippen LogP contribution in [0.15, 0.2) is 25.3 Å². The lowest BCUT2D eigenvalue weighted by Gasteiger charge is -2.41. The lowest BCUT2D eigenvalue weighted by Crippen LogP contribution is -2.45. The summed E-state index contributed by atoms with van der Waals surface area (Å²) in [6, 6.07) is 0. The molecule has 1 rings (SSSR count). The van der Waals surface area contributed by atoms with Gasteiger partial charge in [0, 0.05) is 31.4 Å². The van der Waals surface area contributed by atoms with E-state index in [4.69, 9.17) is 14.2 Å². The summed E-state index contributed by atoms with van der Waals surface area (Å²) in [7, 11) is 0. The number of carbonyl (C=O) groups excluding carboxylic acids is 2. The third-order valence-corrected chi connectivity index (χ3v) is 2.90. The highest BCUT2D eigenvalue weighted by atomic mass is 16.6. The van der Waals surface area contributed by atoms with Gasteiger partial charge >= 0.3 is 11.9 Å². The van der Waals surface area contributed by atoms with Crippen molar-refractivity contribution in [3.05, 3.63) is 25.3 Å². The van der Waals surface area contributed by atoms with Gasteiger partial charge in [-0.15, -0.1) is 0 Å². The molecule has 0 N–H and O–H groups in total. The molecule has 1 saturated heterocycles. The van der Waals surface area contributed by atoms with E-state index >= 15 is 0 Å². The number of esters is 2. The van der Waals surface area contributed by atoms with Gasteiger partial charge in [-0.3, -0.25) is 0 Å². The topological polar surface area (TPSA) is 61.8 Å². The van der Waals surface area contributed by atoms with Crippen LogP contribution in [0.2, 0.25) is 0 Å². The van der Waals surface area contributed by atoms with Crippen LogP contribution < -0.4 is 0 Å². The van der Waals surface area contributed by atoms with Crippen molar-refractivity contribution in [2.24, 2.45) is 0 Å². The average Bonchev–Trinajstić information content (AvgIpc) is 2.34. The number of ether oxygens (including phenoxy) is 3. The highest BCUT2D eigenvalue weighted by molar-refractivity contribution is 5.81. The predicted octanol–water partition coefficient (Wildman–Crippen LogP) is 1.38. The maximum Gasteiger partial charge on any atom is 0.330 e. The zero-order valence-corrected chi connectivity index (χ0v) is 10.4. The molecule has 0 saturated carbocycles. The second-order valence-corrected chi connectivity index (χ2v) is 4.02. The van der Waals surface area contributed by atoms with E-state index in [2.05, 4.69) is 13.2 Å². The Labute approximate surface area is 106 Å². The first-order chi connectivity index (χ1) is 8.62. The van der Waals surface area contributed by atoms with Crippen molar-refractivity contribution in [3.63, 3.8) is 0 Å². The van der Waals surface area contributed by atoms with Gasteiger partial charge in [0.25, 0.3) is 0 Å². The smallest absolute Gasteiger partial charge is 0.330 e. The van der Waals surface area contributed by atoms with E-state index in [0.717, 1.165) is 18.6 Å². The van der Waals surface area contributed by atoms with Crippen molar-refractivity contribution in [2.45, 2.75) is 24.9 Å². The Balaban J connectivity index is 2.25. The Kier molecular flexibility index (Phi) is 5.58.